The first kappa shape index (κ1) is 13.3. The van der Waals surface area contributed by atoms with Gasteiger partial charge in [0, 0.05) is 12.6 Å². The molecule has 2 aromatic rings. The monoisotopic (exact) mass is 259 g/mol. The van der Waals surface area contributed by atoms with Crippen molar-refractivity contribution >= 4 is 5.97 Å². The molecule has 5 heteroatoms. The Balaban J connectivity index is 2.31. The number of benzene rings is 1. The molecule has 0 saturated heterocycles. The standard InChI is InChI=1S/C14H17N3O2/c1-4-10-6-8-11(9-7-10)13-15-12(16-17(13)3)14(18)19-5-2/h6-9H,4-5H2,1-3H3. The minimum atomic E-state index is -0.491. The Morgan fingerprint density at radius 1 is 1.26 bits per heavy atom. The van der Waals surface area contributed by atoms with E-state index in [1.54, 1.807) is 18.7 Å². The molecule has 0 aliphatic rings. The fraction of sp³-hybridized carbons (Fsp3) is 0.357. The second-order valence-electron chi connectivity index (χ2n) is 4.15. The van der Waals surface area contributed by atoms with Gasteiger partial charge in [0.15, 0.2) is 5.82 Å². The molecule has 0 fully saturated rings. The van der Waals surface area contributed by atoms with Crippen molar-refractivity contribution < 1.29 is 9.53 Å². The first-order valence-corrected chi connectivity index (χ1v) is 6.33. The summed E-state index contributed by atoms with van der Waals surface area (Å²) in [5.74, 6) is 0.263. The fourth-order valence-electron chi connectivity index (χ4n) is 1.81. The number of carbonyl (C=O) groups excluding carboxylic acids is 1. The van der Waals surface area contributed by atoms with Crippen LogP contribution < -0.4 is 0 Å². The highest BCUT2D eigenvalue weighted by Crippen LogP contribution is 2.17. The Kier molecular flexibility index (Phi) is 3.94. The van der Waals surface area contributed by atoms with Crippen molar-refractivity contribution in [2.24, 2.45) is 7.05 Å². The maximum absolute atomic E-state index is 11.6. The molecule has 0 amide bonds. The van der Waals surface area contributed by atoms with Crippen molar-refractivity contribution in [3.63, 3.8) is 0 Å². The molecule has 0 aliphatic heterocycles. The maximum atomic E-state index is 11.6. The molecule has 1 aromatic heterocycles. The van der Waals surface area contributed by atoms with Crippen molar-refractivity contribution in [1.29, 1.82) is 0 Å². The van der Waals surface area contributed by atoms with Crippen molar-refractivity contribution in [2.75, 3.05) is 6.61 Å². The summed E-state index contributed by atoms with van der Waals surface area (Å²) in [6.45, 7) is 4.18. The minimum absolute atomic E-state index is 0.0962. The van der Waals surface area contributed by atoms with Crippen LogP contribution in [0.4, 0.5) is 0 Å². The zero-order valence-corrected chi connectivity index (χ0v) is 11.4. The molecule has 100 valence electrons. The van der Waals surface area contributed by atoms with E-state index in [4.69, 9.17) is 4.74 Å². The topological polar surface area (TPSA) is 57.0 Å². The van der Waals surface area contributed by atoms with Crippen LogP contribution in [0.25, 0.3) is 11.4 Å². The van der Waals surface area contributed by atoms with Gasteiger partial charge in [0.05, 0.1) is 6.61 Å². The van der Waals surface area contributed by atoms with Crippen molar-refractivity contribution in [3.05, 3.63) is 35.7 Å². The third-order valence-corrected chi connectivity index (χ3v) is 2.84. The van der Waals surface area contributed by atoms with Gasteiger partial charge in [0.2, 0.25) is 0 Å². The second-order valence-corrected chi connectivity index (χ2v) is 4.15. The van der Waals surface area contributed by atoms with Gasteiger partial charge in [-0.15, -0.1) is 5.10 Å². The highest BCUT2D eigenvalue weighted by atomic mass is 16.5. The largest absolute Gasteiger partial charge is 0.460 e. The summed E-state index contributed by atoms with van der Waals surface area (Å²) in [5.41, 5.74) is 2.19. The van der Waals surface area contributed by atoms with Crippen LogP contribution in [-0.2, 0) is 18.2 Å². The van der Waals surface area contributed by atoms with E-state index in [1.165, 1.54) is 5.56 Å². The van der Waals surface area contributed by atoms with Gasteiger partial charge in [0.25, 0.3) is 5.82 Å². The van der Waals surface area contributed by atoms with E-state index in [1.807, 2.05) is 24.3 Å². The molecular formula is C14H17N3O2. The van der Waals surface area contributed by atoms with Gasteiger partial charge in [0.1, 0.15) is 0 Å². The van der Waals surface area contributed by atoms with Crippen molar-refractivity contribution in [2.45, 2.75) is 20.3 Å². The molecule has 5 nitrogen and oxygen atoms in total. The minimum Gasteiger partial charge on any atom is -0.460 e. The average Bonchev–Trinajstić information content (AvgIpc) is 2.81. The fourth-order valence-corrected chi connectivity index (χ4v) is 1.81. The quantitative estimate of drug-likeness (QED) is 0.790. The van der Waals surface area contributed by atoms with Crippen LogP contribution in [-0.4, -0.2) is 27.3 Å². The Morgan fingerprint density at radius 3 is 2.53 bits per heavy atom. The lowest BCUT2D eigenvalue weighted by Gasteiger charge is -2.01. The second kappa shape index (κ2) is 5.65. The third kappa shape index (κ3) is 2.81. The van der Waals surface area contributed by atoms with Gasteiger partial charge >= 0.3 is 5.97 Å². The van der Waals surface area contributed by atoms with Crippen LogP contribution in [0.5, 0.6) is 0 Å². The number of esters is 1. The number of ether oxygens (including phenoxy) is 1. The molecule has 0 unspecified atom stereocenters. The summed E-state index contributed by atoms with van der Waals surface area (Å²) in [6.07, 6.45) is 0.993. The number of carbonyl (C=O) groups is 1. The predicted molar refractivity (Wildman–Crippen MR) is 71.8 cm³/mol. The molecule has 0 aliphatic carbocycles. The number of aryl methyl sites for hydroxylation is 2. The molecule has 0 saturated carbocycles. The highest BCUT2D eigenvalue weighted by molar-refractivity contribution is 5.85. The van der Waals surface area contributed by atoms with Gasteiger partial charge in [-0.1, -0.05) is 31.2 Å². The van der Waals surface area contributed by atoms with Crippen LogP contribution in [0, 0.1) is 0 Å². The van der Waals surface area contributed by atoms with Crippen LogP contribution in [0.1, 0.15) is 30.0 Å². The van der Waals surface area contributed by atoms with Crippen LogP contribution >= 0.6 is 0 Å². The maximum Gasteiger partial charge on any atom is 0.378 e. The molecule has 1 aromatic carbocycles. The van der Waals surface area contributed by atoms with Crippen LogP contribution in [0.15, 0.2) is 24.3 Å². The number of nitrogens with zero attached hydrogens (tertiary/aromatic N) is 3. The van der Waals surface area contributed by atoms with Gasteiger partial charge in [-0.2, -0.15) is 0 Å². The normalized spacial score (nSPS) is 10.5. The number of rotatable bonds is 4. The zero-order valence-electron chi connectivity index (χ0n) is 11.4. The van der Waals surface area contributed by atoms with E-state index < -0.39 is 5.97 Å². The predicted octanol–water partition coefficient (Wildman–Crippen LogP) is 2.22. The van der Waals surface area contributed by atoms with Gasteiger partial charge in [-0.25, -0.2) is 14.5 Å². The lowest BCUT2D eigenvalue weighted by atomic mass is 10.1. The third-order valence-electron chi connectivity index (χ3n) is 2.84. The molecule has 0 atom stereocenters. The SMILES string of the molecule is CCOC(=O)c1nc(-c2ccc(CC)cc2)n(C)n1. The lowest BCUT2D eigenvalue weighted by Crippen LogP contribution is -2.07. The number of hydrogen-bond donors (Lipinski definition) is 0. The van der Waals surface area contributed by atoms with Gasteiger partial charge < -0.3 is 4.74 Å². The zero-order chi connectivity index (χ0) is 13.8. The molecule has 0 N–H and O–H groups in total. The van der Waals surface area contributed by atoms with E-state index in [0.29, 0.717) is 12.4 Å². The van der Waals surface area contributed by atoms with Crippen molar-refractivity contribution in [1.82, 2.24) is 14.8 Å². The summed E-state index contributed by atoms with van der Waals surface area (Å²) >= 11 is 0. The van der Waals surface area contributed by atoms with E-state index in [0.717, 1.165) is 12.0 Å². The van der Waals surface area contributed by atoms with Crippen molar-refractivity contribution in [3.8, 4) is 11.4 Å². The Hall–Kier alpha value is -2.17. The van der Waals surface area contributed by atoms with Crippen LogP contribution in [0.2, 0.25) is 0 Å². The summed E-state index contributed by atoms with van der Waals surface area (Å²) in [4.78, 5) is 15.8. The highest BCUT2D eigenvalue weighted by Gasteiger charge is 2.16. The molecule has 1 heterocycles. The average molecular weight is 259 g/mol. The molecule has 0 spiro atoms. The Bertz CT molecular complexity index is 573. The molecule has 19 heavy (non-hydrogen) atoms. The summed E-state index contributed by atoms with van der Waals surface area (Å²) in [6, 6.07) is 8.07. The van der Waals surface area contributed by atoms with E-state index >= 15 is 0 Å². The Labute approximate surface area is 112 Å². The molecule has 0 bridgehead atoms. The lowest BCUT2D eigenvalue weighted by molar-refractivity contribution is 0.0512. The molecule has 2 rings (SSSR count). The van der Waals surface area contributed by atoms with E-state index in [-0.39, 0.29) is 5.82 Å². The summed E-state index contributed by atoms with van der Waals surface area (Å²) < 4.78 is 6.48. The first-order valence-electron chi connectivity index (χ1n) is 6.33. The molecule has 0 radical (unpaired) electrons. The summed E-state index contributed by atoms with van der Waals surface area (Å²) in [5, 5.41) is 4.08. The number of aromatic nitrogens is 3. The van der Waals surface area contributed by atoms with Crippen LogP contribution in [0.3, 0.4) is 0 Å². The van der Waals surface area contributed by atoms with E-state index in [9.17, 15) is 4.79 Å². The smallest absolute Gasteiger partial charge is 0.378 e. The van der Waals surface area contributed by atoms with E-state index in [2.05, 4.69) is 17.0 Å². The first-order chi connectivity index (χ1) is 9.15. The van der Waals surface area contributed by atoms with Gasteiger partial charge in [-0.05, 0) is 18.9 Å². The van der Waals surface area contributed by atoms with Gasteiger partial charge in [-0.3, -0.25) is 0 Å². The number of hydrogen-bond acceptors (Lipinski definition) is 4. The summed E-state index contributed by atoms with van der Waals surface area (Å²) in [7, 11) is 1.76. The Morgan fingerprint density at radius 2 is 1.95 bits per heavy atom. The molecular weight excluding hydrogens is 242 g/mol.